The van der Waals surface area contributed by atoms with Gasteiger partial charge in [0.25, 0.3) is 0 Å². The van der Waals surface area contributed by atoms with Gasteiger partial charge in [-0.05, 0) is 32.4 Å². The molecule has 0 aromatic rings. The smallest absolute Gasteiger partial charge is 0.215 e. The summed E-state index contributed by atoms with van der Waals surface area (Å²) in [7, 11) is -3.24. The second-order valence-electron chi connectivity index (χ2n) is 3.74. The van der Waals surface area contributed by atoms with Gasteiger partial charge in [0.2, 0.25) is 10.0 Å². The van der Waals surface area contributed by atoms with Crippen LogP contribution in [0.15, 0.2) is 0 Å². The zero-order chi connectivity index (χ0) is 11.3. The van der Waals surface area contributed by atoms with Crippen LogP contribution in [0.1, 0.15) is 26.2 Å². The third kappa shape index (κ3) is 3.49. The largest absolute Gasteiger partial charge is 0.317 e. The van der Waals surface area contributed by atoms with E-state index in [9.17, 15) is 8.42 Å². The van der Waals surface area contributed by atoms with Gasteiger partial charge in [0.05, 0.1) is 11.3 Å². The Morgan fingerprint density at radius 3 is 2.60 bits per heavy atom. The van der Waals surface area contributed by atoms with E-state index in [1.807, 2.05) is 6.92 Å². The van der Waals surface area contributed by atoms with Crippen molar-refractivity contribution in [1.82, 2.24) is 10.0 Å². The molecule has 1 fully saturated rings. The number of terminal acetylenes is 1. The van der Waals surface area contributed by atoms with Crippen molar-refractivity contribution in [3.05, 3.63) is 0 Å². The first-order chi connectivity index (χ1) is 7.10. The average Bonchev–Trinajstić information content (AvgIpc) is 2.27. The minimum atomic E-state index is -3.24. The second kappa shape index (κ2) is 5.50. The summed E-state index contributed by atoms with van der Waals surface area (Å²) in [4.78, 5) is 0. The Balaban J connectivity index is 2.61. The molecule has 5 heteroatoms. The van der Waals surface area contributed by atoms with Crippen LogP contribution in [-0.2, 0) is 10.0 Å². The van der Waals surface area contributed by atoms with Crippen LogP contribution in [0.5, 0.6) is 0 Å². The molecular formula is C10H18N2O2S. The molecule has 0 radical (unpaired) electrons. The van der Waals surface area contributed by atoms with Crippen LogP contribution in [0, 0.1) is 12.3 Å². The third-order valence-corrected chi connectivity index (χ3v) is 4.60. The van der Waals surface area contributed by atoms with E-state index < -0.39 is 10.0 Å². The highest BCUT2D eigenvalue weighted by molar-refractivity contribution is 7.90. The second-order valence-corrected chi connectivity index (χ2v) is 5.73. The normalized spacial score (nSPS) is 20.8. The first-order valence-corrected chi connectivity index (χ1v) is 6.82. The maximum Gasteiger partial charge on any atom is 0.215 e. The van der Waals surface area contributed by atoms with E-state index in [1.165, 1.54) is 0 Å². The number of hydrogen-bond acceptors (Lipinski definition) is 3. The molecule has 0 spiro atoms. The Kier molecular flexibility index (Phi) is 4.58. The first-order valence-electron chi connectivity index (χ1n) is 5.28. The molecule has 2 N–H and O–H groups in total. The lowest BCUT2D eigenvalue weighted by Crippen LogP contribution is -2.44. The molecule has 15 heavy (non-hydrogen) atoms. The molecule has 0 bridgehead atoms. The van der Waals surface area contributed by atoms with Gasteiger partial charge in [-0.15, -0.1) is 6.42 Å². The lowest BCUT2D eigenvalue weighted by Gasteiger charge is -2.24. The summed E-state index contributed by atoms with van der Waals surface area (Å²) in [6.45, 7) is 3.40. The zero-order valence-electron chi connectivity index (χ0n) is 8.99. The van der Waals surface area contributed by atoms with Gasteiger partial charge in [-0.1, -0.05) is 12.8 Å². The summed E-state index contributed by atoms with van der Waals surface area (Å²) in [6.07, 6.45) is 7.18. The van der Waals surface area contributed by atoms with Crippen LogP contribution < -0.4 is 10.0 Å². The summed E-state index contributed by atoms with van der Waals surface area (Å²) in [5, 5.41) is 2.84. The Morgan fingerprint density at radius 2 is 2.13 bits per heavy atom. The number of rotatable bonds is 4. The molecule has 1 unspecified atom stereocenters. The third-order valence-electron chi connectivity index (χ3n) is 2.64. The van der Waals surface area contributed by atoms with E-state index in [1.54, 1.807) is 0 Å². The van der Waals surface area contributed by atoms with Crippen molar-refractivity contribution in [2.75, 3.05) is 13.1 Å². The number of piperidine rings is 1. The highest BCUT2D eigenvalue weighted by Gasteiger charge is 2.28. The van der Waals surface area contributed by atoms with Crippen molar-refractivity contribution in [1.29, 1.82) is 0 Å². The molecule has 1 rings (SSSR count). The molecule has 1 saturated heterocycles. The first kappa shape index (κ1) is 12.5. The average molecular weight is 230 g/mol. The van der Waals surface area contributed by atoms with Crippen LogP contribution in [0.3, 0.4) is 0 Å². The van der Waals surface area contributed by atoms with E-state index in [4.69, 9.17) is 6.42 Å². The van der Waals surface area contributed by atoms with E-state index >= 15 is 0 Å². The fraction of sp³-hybridized carbons (Fsp3) is 0.800. The van der Waals surface area contributed by atoms with Crippen molar-refractivity contribution in [3.63, 3.8) is 0 Å². The van der Waals surface area contributed by atoms with Crippen LogP contribution >= 0.6 is 0 Å². The highest BCUT2D eigenvalue weighted by Crippen LogP contribution is 2.12. The predicted molar refractivity (Wildman–Crippen MR) is 60.9 cm³/mol. The Bertz CT molecular complexity index is 326. The molecule has 0 aliphatic carbocycles. The van der Waals surface area contributed by atoms with Crippen molar-refractivity contribution in [2.24, 2.45) is 0 Å². The van der Waals surface area contributed by atoms with Gasteiger partial charge in [-0.2, -0.15) is 0 Å². The maximum atomic E-state index is 11.9. The Hall–Kier alpha value is -0.570. The molecule has 0 aromatic heterocycles. The summed E-state index contributed by atoms with van der Waals surface area (Å²) >= 11 is 0. The van der Waals surface area contributed by atoms with Crippen molar-refractivity contribution >= 4 is 10.0 Å². The van der Waals surface area contributed by atoms with Gasteiger partial charge in [0.15, 0.2) is 0 Å². The monoisotopic (exact) mass is 230 g/mol. The molecule has 1 aliphatic rings. The van der Waals surface area contributed by atoms with Crippen molar-refractivity contribution < 1.29 is 8.42 Å². The maximum absolute atomic E-state index is 11.9. The summed E-state index contributed by atoms with van der Waals surface area (Å²) < 4.78 is 26.3. The molecule has 1 aliphatic heterocycles. The molecular weight excluding hydrogens is 212 g/mol. The fourth-order valence-corrected chi connectivity index (χ4v) is 3.32. The lowest BCUT2D eigenvalue weighted by atomic mass is 10.2. The minimum absolute atomic E-state index is 0.291. The molecule has 1 atom stereocenters. The van der Waals surface area contributed by atoms with Gasteiger partial charge in [0, 0.05) is 0 Å². The Labute approximate surface area is 91.9 Å². The van der Waals surface area contributed by atoms with Crippen LogP contribution in [0.4, 0.5) is 0 Å². The van der Waals surface area contributed by atoms with E-state index in [2.05, 4.69) is 16.0 Å². The number of nitrogens with one attached hydrogen (secondary N) is 2. The van der Waals surface area contributed by atoms with Gasteiger partial charge in [0.1, 0.15) is 0 Å². The molecule has 0 amide bonds. The van der Waals surface area contributed by atoms with Crippen molar-refractivity contribution in [3.8, 4) is 12.3 Å². The van der Waals surface area contributed by atoms with E-state index in [-0.39, 0.29) is 11.3 Å². The van der Waals surface area contributed by atoms with Gasteiger partial charge >= 0.3 is 0 Å². The van der Waals surface area contributed by atoms with E-state index in [0.29, 0.717) is 19.3 Å². The molecule has 0 aromatic carbocycles. The van der Waals surface area contributed by atoms with Crippen LogP contribution in [0.25, 0.3) is 0 Å². The quantitative estimate of drug-likeness (QED) is 0.672. The predicted octanol–water partition coefficient (Wildman–Crippen LogP) is 0.0696. The molecule has 0 saturated carbocycles. The van der Waals surface area contributed by atoms with Crippen LogP contribution in [0.2, 0.25) is 0 Å². The van der Waals surface area contributed by atoms with E-state index in [0.717, 1.165) is 13.1 Å². The van der Waals surface area contributed by atoms with Gasteiger partial charge in [-0.3, -0.25) is 0 Å². The molecule has 86 valence electrons. The zero-order valence-corrected chi connectivity index (χ0v) is 9.81. The summed E-state index contributed by atoms with van der Waals surface area (Å²) in [6, 6.07) is -0.370. The molecule has 4 nitrogen and oxygen atoms in total. The lowest BCUT2D eigenvalue weighted by molar-refractivity contribution is 0.486. The minimum Gasteiger partial charge on any atom is -0.317 e. The van der Waals surface area contributed by atoms with Gasteiger partial charge < -0.3 is 5.32 Å². The van der Waals surface area contributed by atoms with Gasteiger partial charge in [-0.25, -0.2) is 13.1 Å². The molecule has 1 heterocycles. The summed E-state index contributed by atoms with van der Waals surface area (Å²) in [5.41, 5.74) is 0. The number of hydrogen-bond donors (Lipinski definition) is 2. The topological polar surface area (TPSA) is 58.2 Å². The Morgan fingerprint density at radius 1 is 1.53 bits per heavy atom. The standard InChI is InChI=1S/C10H18N2O2S/c1-3-9(4-2)12-15(13,14)10-5-7-11-8-6-10/h1,9-12H,4-8H2,2H3. The SMILES string of the molecule is C#CC(CC)NS(=O)(=O)C1CCNCC1. The fourth-order valence-electron chi connectivity index (χ4n) is 1.64. The highest BCUT2D eigenvalue weighted by atomic mass is 32.2. The van der Waals surface area contributed by atoms with Crippen molar-refractivity contribution in [2.45, 2.75) is 37.5 Å². The van der Waals surface area contributed by atoms with Crippen LogP contribution in [-0.4, -0.2) is 32.8 Å². The number of sulfonamides is 1. The summed E-state index contributed by atoms with van der Waals surface area (Å²) in [5.74, 6) is 2.44.